The first-order valence-electron chi connectivity index (χ1n) is 11.3. The summed E-state index contributed by atoms with van der Waals surface area (Å²) in [7, 11) is 0. The van der Waals surface area contributed by atoms with E-state index >= 15 is 0 Å². The number of nitrogens with one attached hydrogen (secondary N) is 1. The number of hydrogen-bond donors (Lipinski definition) is 1. The van der Waals surface area contributed by atoms with Gasteiger partial charge in [0.15, 0.2) is 5.96 Å². The topological polar surface area (TPSA) is 51.2 Å². The molecule has 30 heavy (non-hydrogen) atoms. The Bertz CT molecular complexity index is 661. The summed E-state index contributed by atoms with van der Waals surface area (Å²) in [6.45, 7) is 12.0. The van der Waals surface area contributed by atoms with Crippen molar-refractivity contribution in [2.45, 2.75) is 52.1 Å². The lowest BCUT2D eigenvalue weighted by molar-refractivity contribution is -0.129. The maximum absolute atomic E-state index is 12.0. The minimum atomic E-state index is 0. The lowest BCUT2D eigenvalue weighted by Gasteiger charge is -2.36. The largest absolute Gasteiger partial charge is 0.357 e. The number of likely N-dealkylation sites (tertiary alicyclic amines) is 1. The predicted octanol–water partition coefficient (Wildman–Crippen LogP) is 3.18. The van der Waals surface area contributed by atoms with Crippen LogP contribution >= 0.6 is 24.0 Å². The van der Waals surface area contributed by atoms with E-state index in [0.29, 0.717) is 11.9 Å². The summed E-state index contributed by atoms with van der Waals surface area (Å²) in [6, 6.07) is 11.0. The Kier molecular flexibility index (Phi) is 10.9. The summed E-state index contributed by atoms with van der Waals surface area (Å²) in [5.41, 5.74) is 1.38. The number of carbonyl (C=O) groups excluding carboxylic acids is 1. The second-order valence-corrected chi connectivity index (χ2v) is 8.03. The Morgan fingerprint density at radius 3 is 2.43 bits per heavy atom. The van der Waals surface area contributed by atoms with Gasteiger partial charge in [0.1, 0.15) is 0 Å². The SMILES string of the molecule is CCNC(=NCCC(CC)N1CCCC1=O)N1CCN(Cc2ccccc2)CC1.I. The molecule has 7 heteroatoms. The van der Waals surface area contributed by atoms with E-state index in [2.05, 4.69) is 64.2 Å². The van der Waals surface area contributed by atoms with E-state index in [0.717, 1.165) is 84.0 Å². The second-order valence-electron chi connectivity index (χ2n) is 8.03. The molecule has 0 saturated carbocycles. The van der Waals surface area contributed by atoms with Gasteiger partial charge in [-0.1, -0.05) is 37.3 Å². The molecule has 1 aromatic rings. The van der Waals surface area contributed by atoms with E-state index in [1.165, 1.54) is 5.56 Å². The van der Waals surface area contributed by atoms with Gasteiger partial charge in [0, 0.05) is 64.8 Å². The van der Waals surface area contributed by atoms with Crippen LogP contribution in [0, 0.1) is 0 Å². The van der Waals surface area contributed by atoms with E-state index in [1.54, 1.807) is 0 Å². The normalized spacial score (nSPS) is 19.0. The van der Waals surface area contributed by atoms with Gasteiger partial charge in [0.05, 0.1) is 0 Å². The molecule has 3 rings (SSSR count). The van der Waals surface area contributed by atoms with Crippen LogP contribution in [0.2, 0.25) is 0 Å². The molecule has 168 valence electrons. The number of rotatable bonds is 8. The van der Waals surface area contributed by atoms with Crippen LogP contribution in [0.25, 0.3) is 0 Å². The molecule has 1 amide bonds. The highest BCUT2D eigenvalue weighted by molar-refractivity contribution is 14.0. The minimum Gasteiger partial charge on any atom is -0.357 e. The summed E-state index contributed by atoms with van der Waals surface area (Å²) in [6.07, 6.45) is 3.69. The number of halogens is 1. The Morgan fingerprint density at radius 2 is 1.83 bits per heavy atom. The number of guanidine groups is 1. The van der Waals surface area contributed by atoms with Crippen LogP contribution in [0.3, 0.4) is 0 Å². The summed E-state index contributed by atoms with van der Waals surface area (Å²) in [4.78, 5) is 23.9. The van der Waals surface area contributed by atoms with Gasteiger partial charge in [-0.15, -0.1) is 24.0 Å². The average molecular weight is 527 g/mol. The van der Waals surface area contributed by atoms with Crippen molar-refractivity contribution >= 4 is 35.8 Å². The molecule has 2 aliphatic heterocycles. The molecule has 2 heterocycles. The molecule has 0 aliphatic carbocycles. The van der Waals surface area contributed by atoms with Gasteiger partial charge in [-0.3, -0.25) is 14.7 Å². The maximum atomic E-state index is 12.0. The first-order valence-corrected chi connectivity index (χ1v) is 11.3. The minimum absolute atomic E-state index is 0. The lowest BCUT2D eigenvalue weighted by atomic mass is 10.1. The van der Waals surface area contributed by atoms with Crippen molar-refractivity contribution in [1.29, 1.82) is 0 Å². The van der Waals surface area contributed by atoms with Crippen LogP contribution in [0.15, 0.2) is 35.3 Å². The van der Waals surface area contributed by atoms with Gasteiger partial charge in [0.2, 0.25) is 5.91 Å². The molecule has 1 atom stereocenters. The van der Waals surface area contributed by atoms with Gasteiger partial charge < -0.3 is 15.1 Å². The highest BCUT2D eigenvalue weighted by Gasteiger charge is 2.26. The van der Waals surface area contributed by atoms with Crippen LogP contribution in [0.5, 0.6) is 0 Å². The third kappa shape index (κ3) is 7.11. The number of nitrogens with zero attached hydrogens (tertiary/aromatic N) is 4. The van der Waals surface area contributed by atoms with Crippen molar-refractivity contribution in [1.82, 2.24) is 20.0 Å². The van der Waals surface area contributed by atoms with Crippen molar-refractivity contribution in [3.05, 3.63) is 35.9 Å². The van der Waals surface area contributed by atoms with Gasteiger partial charge in [-0.05, 0) is 31.7 Å². The van der Waals surface area contributed by atoms with Gasteiger partial charge in [-0.2, -0.15) is 0 Å². The van der Waals surface area contributed by atoms with Gasteiger partial charge >= 0.3 is 0 Å². The Morgan fingerprint density at radius 1 is 1.10 bits per heavy atom. The fourth-order valence-corrected chi connectivity index (χ4v) is 4.34. The first-order chi connectivity index (χ1) is 14.2. The van der Waals surface area contributed by atoms with Crippen molar-refractivity contribution in [3.8, 4) is 0 Å². The molecule has 1 unspecified atom stereocenters. The molecule has 1 N–H and O–H groups in total. The monoisotopic (exact) mass is 527 g/mol. The number of hydrogen-bond acceptors (Lipinski definition) is 3. The first kappa shape index (κ1) is 24.9. The predicted molar refractivity (Wildman–Crippen MR) is 134 cm³/mol. The van der Waals surface area contributed by atoms with Gasteiger partial charge in [-0.25, -0.2) is 0 Å². The molecule has 0 bridgehead atoms. The summed E-state index contributed by atoms with van der Waals surface area (Å²) in [5, 5.41) is 3.46. The fraction of sp³-hybridized carbons (Fsp3) is 0.652. The van der Waals surface area contributed by atoms with E-state index in [9.17, 15) is 4.79 Å². The molecule has 1 aromatic carbocycles. The number of amides is 1. The standard InChI is InChI=1S/C23H37N5O.HI/c1-3-21(28-14-8-11-22(28)29)12-13-25-23(24-4-2)27-17-15-26(16-18-27)19-20-9-6-5-7-10-20;/h5-7,9-10,21H,3-4,8,11-19H2,1-2H3,(H,24,25);1H. The summed E-state index contributed by atoms with van der Waals surface area (Å²) < 4.78 is 0. The second kappa shape index (κ2) is 13.1. The number of benzene rings is 1. The quantitative estimate of drug-likeness (QED) is 0.321. The smallest absolute Gasteiger partial charge is 0.222 e. The molecule has 0 spiro atoms. The zero-order valence-electron chi connectivity index (χ0n) is 18.6. The lowest BCUT2D eigenvalue weighted by Crippen LogP contribution is -2.52. The fourth-order valence-electron chi connectivity index (χ4n) is 4.34. The number of aliphatic imine (C=N–C) groups is 1. The highest BCUT2D eigenvalue weighted by Crippen LogP contribution is 2.18. The molecular weight excluding hydrogens is 489 g/mol. The molecule has 0 radical (unpaired) electrons. The van der Waals surface area contributed by atoms with Crippen molar-refractivity contribution in [2.75, 3.05) is 45.8 Å². The van der Waals surface area contributed by atoms with Crippen molar-refractivity contribution in [2.24, 2.45) is 4.99 Å². The van der Waals surface area contributed by atoms with Crippen LogP contribution in [0.1, 0.15) is 45.1 Å². The maximum Gasteiger partial charge on any atom is 0.222 e. The zero-order chi connectivity index (χ0) is 20.5. The zero-order valence-corrected chi connectivity index (χ0v) is 20.9. The van der Waals surface area contributed by atoms with Crippen LogP contribution < -0.4 is 5.32 Å². The van der Waals surface area contributed by atoms with Crippen LogP contribution in [-0.2, 0) is 11.3 Å². The third-order valence-corrected chi connectivity index (χ3v) is 6.00. The number of carbonyl (C=O) groups is 1. The van der Waals surface area contributed by atoms with E-state index in [1.807, 2.05) is 0 Å². The third-order valence-electron chi connectivity index (χ3n) is 6.00. The average Bonchev–Trinajstić information content (AvgIpc) is 3.17. The molecular formula is C23H38IN5O. The highest BCUT2D eigenvalue weighted by atomic mass is 127. The molecule has 2 saturated heterocycles. The molecule has 6 nitrogen and oxygen atoms in total. The van der Waals surface area contributed by atoms with E-state index in [-0.39, 0.29) is 24.0 Å². The summed E-state index contributed by atoms with van der Waals surface area (Å²) in [5.74, 6) is 1.34. The Hall–Kier alpha value is -1.35. The molecule has 2 aliphatic rings. The van der Waals surface area contributed by atoms with E-state index in [4.69, 9.17) is 4.99 Å². The van der Waals surface area contributed by atoms with Crippen molar-refractivity contribution < 1.29 is 4.79 Å². The Balaban J connectivity index is 0.00000320. The van der Waals surface area contributed by atoms with Crippen molar-refractivity contribution in [3.63, 3.8) is 0 Å². The molecule has 2 fully saturated rings. The van der Waals surface area contributed by atoms with Crippen LogP contribution in [-0.4, -0.2) is 78.4 Å². The molecule has 0 aromatic heterocycles. The van der Waals surface area contributed by atoms with Crippen LogP contribution in [0.4, 0.5) is 0 Å². The Labute approximate surface area is 199 Å². The summed E-state index contributed by atoms with van der Waals surface area (Å²) >= 11 is 0. The number of piperazine rings is 1. The van der Waals surface area contributed by atoms with Gasteiger partial charge in [0.25, 0.3) is 0 Å². The van der Waals surface area contributed by atoms with E-state index < -0.39 is 0 Å².